The highest BCUT2D eigenvalue weighted by Gasteiger charge is 2.41. The number of para-hydroxylation sites is 1. The first-order valence-corrected chi connectivity index (χ1v) is 8.03. The van der Waals surface area contributed by atoms with Gasteiger partial charge in [-0.05, 0) is 30.3 Å². The van der Waals surface area contributed by atoms with Gasteiger partial charge in [-0.3, -0.25) is 9.59 Å². The molecular weight excluding hydrogens is 411 g/mol. The smallest absolute Gasteiger partial charge is 0.347 e. The molecule has 3 rings (SSSR count). The number of halogens is 6. The number of rotatable bonds is 3. The SMILES string of the molecule is O=C1C(Cl)=C(Nc2ccccc2F)C(=O)N1c1cc(C(F)(F)F)ccc1Cl. The van der Waals surface area contributed by atoms with Gasteiger partial charge in [0.05, 0.1) is 22.0 Å². The minimum absolute atomic E-state index is 0.135. The number of nitrogens with one attached hydrogen (secondary N) is 1. The predicted molar refractivity (Wildman–Crippen MR) is 91.8 cm³/mol. The number of nitrogens with zero attached hydrogens (tertiary/aromatic N) is 1. The molecule has 0 aromatic heterocycles. The number of hydrogen-bond donors (Lipinski definition) is 1. The molecule has 0 aliphatic carbocycles. The Kier molecular flexibility index (Phi) is 4.88. The molecule has 2 aromatic rings. The van der Waals surface area contributed by atoms with Crippen LogP contribution in [0, 0.1) is 5.82 Å². The number of amides is 2. The third kappa shape index (κ3) is 3.50. The fourth-order valence-corrected chi connectivity index (χ4v) is 2.80. The molecule has 0 bridgehead atoms. The second-order valence-corrected chi connectivity index (χ2v) is 6.19. The maximum Gasteiger partial charge on any atom is 0.416 e. The summed E-state index contributed by atoms with van der Waals surface area (Å²) in [6, 6.07) is 7.48. The Morgan fingerprint density at radius 3 is 2.26 bits per heavy atom. The van der Waals surface area contributed by atoms with Crippen LogP contribution in [-0.4, -0.2) is 11.8 Å². The van der Waals surface area contributed by atoms with Crippen molar-refractivity contribution in [3.63, 3.8) is 0 Å². The van der Waals surface area contributed by atoms with Crippen LogP contribution in [0.5, 0.6) is 0 Å². The van der Waals surface area contributed by atoms with E-state index in [1.165, 1.54) is 18.2 Å². The molecule has 2 aromatic carbocycles. The summed E-state index contributed by atoms with van der Waals surface area (Å²) >= 11 is 11.8. The summed E-state index contributed by atoms with van der Waals surface area (Å²) in [5.41, 5.74) is -2.19. The van der Waals surface area contributed by atoms with Crippen LogP contribution in [0.1, 0.15) is 5.56 Å². The number of alkyl halides is 3. The molecule has 1 aliphatic heterocycles. The van der Waals surface area contributed by atoms with Crippen molar-refractivity contribution in [2.75, 3.05) is 10.2 Å². The molecule has 0 unspecified atom stereocenters. The lowest BCUT2D eigenvalue weighted by Crippen LogP contribution is -2.32. The van der Waals surface area contributed by atoms with Gasteiger partial charge in [0.25, 0.3) is 11.8 Å². The number of carbonyl (C=O) groups excluding carboxylic acids is 2. The Morgan fingerprint density at radius 2 is 1.63 bits per heavy atom. The standard InChI is InChI=1S/C17H8Cl2F4N2O2/c18-9-6-5-8(17(21,22)23)7-12(9)25-15(26)13(19)14(16(25)27)24-11-4-2-1-3-10(11)20/h1-7,24H. The summed E-state index contributed by atoms with van der Waals surface area (Å²) in [7, 11) is 0. The van der Waals surface area contributed by atoms with E-state index in [0.29, 0.717) is 17.0 Å². The van der Waals surface area contributed by atoms with Crippen molar-refractivity contribution >= 4 is 46.4 Å². The van der Waals surface area contributed by atoms with Crippen molar-refractivity contribution in [1.82, 2.24) is 0 Å². The van der Waals surface area contributed by atoms with Gasteiger partial charge >= 0.3 is 6.18 Å². The molecule has 0 radical (unpaired) electrons. The van der Waals surface area contributed by atoms with E-state index in [4.69, 9.17) is 23.2 Å². The molecule has 0 atom stereocenters. The Balaban J connectivity index is 2.00. The molecule has 1 aliphatic rings. The highest BCUT2D eigenvalue weighted by atomic mass is 35.5. The summed E-state index contributed by atoms with van der Waals surface area (Å²) < 4.78 is 52.6. The highest BCUT2D eigenvalue weighted by molar-refractivity contribution is 6.53. The number of imide groups is 1. The van der Waals surface area contributed by atoms with Gasteiger partial charge < -0.3 is 5.32 Å². The molecule has 0 saturated heterocycles. The summed E-state index contributed by atoms with van der Waals surface area (Å²) in [5.74, 6) is -2.86. The van der Waals surface area contributed by atoms with Gasteiger partial charge in [-0.1, -0.05) is 35.3 Å². The number of carbonyl (C=O) groups is 2. The van der Waals surface area contributed by atoms with Gasteiger partial charge in [-0.15, -0.1) is 0 Å². The third-order valence-corrected chi connectivity index (χ3v) is 4.35. The zero-order valence-corrected chi connectivity index (χ0v) is 14.6. The summed E-state index contributed by atoms with van der Waals surface area (Å²) in [4.78, 5) is 25.4. The quantitative estimate of drug-likeness (QED) is 0.567. The van der Waals surface area contributed by atoms with Gasteiger partial charge in [0.2, 0.25) is 0 Å². The minimum Gasteiger partial charge on any atom is -0.347 e. The van der Waals surface area contributed by atoms with Crippen LogP contribution in [-0.2, 0) is 15.8 Å². The first-order chi connectivity index (χ1) is 12.6. The van der Waals surface area contributed by atoms with Crippen LogP contribution in [0.15, 0.2) is 53.2 Å². The number of anilines is 2. The van der Waals surface area contributed by atoms with Crippen LogP contribution >= 0.6 is 23.2 Å². The second kappa shape index (κ2) is 6.86. The molecule has 0 fully saturated rings. The van der Waals surface area contributed by atoms with E-state index in [1.54, 1.807) is 0 Å². The molecule has 1 N–H and O–H groups in total. The Labute approximate surface area is 160 Å². The molecule has 10 heteroatoms. The van der Waals surface area contributed by atoms with Crippen LogP contribution in [0.2, 0.25) is 5.02 Å². The van der Waals surface area contributed by atoms with Gasteiger partial charge in [0.1, 0.15) is 16.5 Å². The average Bonchev–Trinajstić information content (AvgIpc) is 2.80. The molecule has 2 amide bonds. The Hall–Kier alpha value is -2.58. The van der Waals surface area contributed by atoms with Gasteiger partial charge in [-0.2, -0.15) is 13.2 Å². The van der Waals surface area contributed by atoms with E-state index in [9.17, 15) is 27.2 Å². The van der Waals surface area contributed by atoms with Crippen molar-refractivity contribution in [3.05, 3.63) is 69.6 Å². The monoisotopic (exact) mass is 418 g/mol. The summed E-state index contributed by atoms with van der Waals surface area (Å²) in [5, 5.41) is 1.54. The highest BCUT2D eigenvalue weighted by Crippen LogP contribution is 2.38. The fraction of sp³-hybridized carbons (Fsp3) is 0.0588. The number of benzene rings is 2. The molecule has 1 heterocycles. The maximum atomic E-state index is 13.8. The van der Waals surface area contributed by atoms with E-state index in [1.807, 2.05) is 0 Å². The van der Waals surface area contributed by atoms with Crippen molar-refractivity contribution in [3.8, 4) is 0 Å². The maximum absolute atomic E-state index is 13.8. The second-order valence-electron chi connectivity index (χ2n) is 5.40. The molecule has 0 spiro atoms. The van der Waals surface area contributed by atoms with Crippen LogP contribution in [0.4, 0.5) is 28.9 Å². The first-order valence-electron chi connectivity index (χ1n) is 7.28. The van der Waals surface area contributed by atoms with Gasteiger partial charge in [0, 0.05) is 0 Å². The zero-order valence-electron chi connectivity index (χ0n) is 13.1. The van der Waals surface area contributed by atoms with Crippen molar-refractivity contribution in [1.29, 1.82) is 0 Å². The normalized spacial score (nSPS) is 15.0. The fourth-order valence-electron chi connectivity index (χ4n) is 2.39. The molecule has 4 nitrogen and oxygen atoms in total. The summed E-state index contributed by atoms with van der Waals surface area (Å²) in [6.45, 7) is 0. The Bertz CT molecular complexity index is 989. The van der Waals surface area contributed by atoms with E-state index >= 15 is 0 Å². The molecule has 140 valence electrons. The molecular formula is C17H8Cl2F4N2O2. The lowest BCUT2D eigenvalue weighted by Gasteiger charge is -2.18. The van der Waals surface area contributed by atoms with Crippen LogP contribution in [0.25, 0.3) is 0 Å². The van der Waals surface area contributed by atoms with E-state index < -0.39 is 45.8 Å². The van der Waals surface area contributed by atoms with Crippen LogP contribution in [0.3, 0.4) is 0 Å². The number of hydrogen-bond acceptors (Lipinski definition) is 3. The van der Waals surface area contributed by atoms with E-state index in [0.717, 1.165) is 12.1 Å². The summed E-state index contributed by atoms with van der Waals surface area (Å²) in [6.07, 6.45) is -4.71. The van der Waals surface area contributed by atoms with E-state index in [2.05, 4.69) is 5.32 Å². The van der Waals surface area contributed by atoms with Crippen molar-refractivity contribution in [2.24, 2.45) is 0 Å². The lowest BCUT2D eigenvalue weighted by molar-refractivity contribution is -0.137. The predicted octanol–water partition coefficient (Wildman–Crippen LogP) is 4.93. The largest absolute Gasteiger partial charge is 0.416 e. The van der Waals surface area contributed by atoms with E-state index in [-0.39, 0.29) is 10.7 Å². The van der Waals surface area contributed by atoms with Gasteiger partial charge in [0.15, 0.2) is 0 Å². The molecule has 0 saturated carbocycles. The Morgan fingerprint density at radius 1 is 0.963 bits per heavy atom. The van der Waals surface area contributed by atoms with Crippen LogP contribution < -0.4 is 10.2 Å². The zero-order chi connectivity index (χ0) is 19.9. The first kappa shape index (κ1) is 19.2. The topological polar surface area (TPSA) is 49.4 Å². The van der Waals surface area contributed by atoms with Gasteiger partial charge in [-0.25, -0.2) is 9.29 Å². The lowest BCUT2D eigenvalue weighted by atomic mass is 10.2. The minimum atomic E-state index is -4.71. The molecule has 27 heavy (non-hydrogen) atoms. The van der Waals surface area contributed by atoms with Crippen molar-refractivity contribution < 1.29 is 27.2 Å². The van der Waals surface area contributed by atoms with Crippen molar-refractivity contribution in [2.45, 2.75) is 6.18 Å². The average molecular weight is 419 g/mol. The third-order valence-electron chi connectivity index (χ3n) is 3.68.